The number of rotatable bonds is 17. The zero-order valence-corrected chi connectivity index (χ0v) is 23.4. The SMILES string of the molecule is CCCCC1CCC(C(O)/C=C/C2C(O)CC(=O)C2CCCCCCC(=O)NC(CC(C)C)C(N)=O)C1. The van der Waals surface area contributed by atoms with Crippen LogP contribution >= 0.6 is 0 Å². The van der Waals surface area contributed by atoms with Crippen molar-refractivity contribution in [3.8, 4) is 0 Å². The van der Waals surface area contributed by atoms with Crippen molar-refractivity contribution in [1.29, 1.82) is 0 Å². The minimum absolute atomic E-state index is 0.110. The zero-order chi connectivity index (χ0) is 27.4. The molecule has 7 atom stereocenters. The summed E-state index contributed by atoms with van der Waals surface area (Å²) in [6.07, 6.45) is 14.7. The summed E-state index contributed by atoms with van der Waals surface area (Å²) in [6.45, 7) is 6.18. The molecule has 0 aromatic rings. The van der Waals surface area contributed by atoms with E-state index in [1.165, 1.54) is 25.7 Å². The molecule has 5 N–H and O–H groups in total. The molecule has 37 heavy (non-hydrogen) atoms. The fourth-order valence-electron chi connectivity index (χ4n) is 6.16. The van der Waals surface area contributed by atoms with E-state index in [-0.39, 0.29) is 41.8 Å². The highest BCUT2D eigenvalue weighted by atomic mass is 16.3. The molecule has 0 aromatic heterocycles. The zero-order valence-electron chi connectivity index (χ0n) is 23.4. The van der Waals surface area contributed by atoms with Crippen molar-refractivity contribution in [2.45, 2.75) is 129 Å². The Kier molecular flexibility index (Phi) is 13.9. The summed E-state index contributed by atoms with van der Waals surface area (Å²) >= 11 is 0. The normalized spacial score (nSPS) is 27.7. The van der Waals surface area contributed by atoms with E-state index in [4.69, 9.17) is 5.73 Å². The fourth-order valence-corrected chi connectivity index (χ4v) is 6.16. The first-order chi connectivity index (χ1) is 17.6. The Balaban J connectivity index is 1.71. The van der Waals surface area contributed by atoms with E-state index in [0.29, 0.717) is 19.3 Å². The third-order valence-corrected chi connectivity index (χ3v) is 8.35. The van der Waals surface area contributed by atoms with Gasteiger partial charge in [0.25, 0.3) is 0 Å². The van der Waals surface area contributed by atoms with E-state index in [1.54, 1.807) is 0 Å². The van der Waals surface area contributed by atoms with Crippen LogP contribution in [0.4, 0.5) is 0 Å². The van der Waals surface area contributed by atoms with Crippen LogP contribution in [-0.4, -0.2) is 46.1 Å². The van der Waals surface area contributed by atoms with E-state index < -0.39 is 24.2 Å². The molecule has 2 fully saturated rings. The van der Waals surface area contributed by atoms with Gasteiger partial charge in [-0.15, -0.1) is 0 Å². The molecule has 212 valence electrons. The third kappa shape index (κ3) is 10.9. The van der Waals surface area contributed by atoms with Gasteiger partial charge in [-0.05, 0) is 49.9 Å². The van der Waals surface area contributed by atoms with Gasteiger partial charge in [0.2, 0.25) is 11.8 Å². The molecule has 0 saturated heterocycles. The van der Waals surface area contributed by atoms with Crippen LogP contribution in [0.3, 0.4) is 0 Å². The molecule has 2 aliphatic carbocycles. The van der Waals surface area contributed by atoms with E-state index in [0.717, 1.165) is 44.4 Å². The molecular formula is C30H52N2O5. The highest BCUT2D eigenvalue weighted by Gasteiger charge is 2.39. The first-order valence-corrected chi connectivity index (χ1v) is 14.8. The van der Waals surface area contributed by atoms with Crippen molar-refractivity contribution < 1.29 is 24.6 Å². The number of primary amides is 1. The molecule has 2 amide bonds. The molecule has 0 radical (unpaired) electrons. The molecule has 2 rings (SSSR count). The van der Waals surface area contributed by atoms with Gasteiger partial charge in [0, 0.05) is 24.7 Å². The Bertz CT molecular complexity index is 752. The minimum Gasteiger partial charge on any atom is -0.392 e. The predicted octanol–water partition coefficient (Wildman–Crippen LogP) is 4.43. The lowest BCUT2D eigenvalue weighted by atomic mass is 9.87. The Morgan fingerprint density at radius 1 is 1.11 bits per heavy atom. The average Bonchev–Trinajstić information content (AvgIpc) is 3.41. The molecule has 0 spiro atoms. The summed E-state index contributed by atoms with van der Waals surface area (Å²) in [7, 11) is 0. The number of hydrogen-bond acceptors (Lipinski definition) is 5. The van der Waals surface area contributed by atoms with Crippen molar-refractivity contribution in [3.63, 3.8) is 0 Å². The molecular weight excluding hydrogens is 468 g/mol. The van der Waals surface area contributed by atoms with E-state index in [2.05, 4.69) is 12.2 Å². The summed E-state index contributed by atoms with van der Waals surface area (Å²) in [5, 5.41) is 23.9. The number of nitrogens with one attached hydrogen (secondary N) is 1. The van der Waals surface area contributed by atoms with Crippen LogP contribution in [0, 0.1) is 29.6 Å². The van der Waals surface area contributed by atoms with Gasteiger partial charge in [0.05, 0.1) is 12.2 Å². The average molecular weight is 521 g/mol. The van der Waals surface area contributed by atoms with Gasteiger partial charge in [0.1, 0.15) is 11.8 Å². The number of carbonyl (C=O) groups is 3. The van der Waals surface area contributed by atoms with Gasteiger partial charge in [-0.2, -0.15) is 0 Å². The van der Waals surface area contributed by atoms with Crippen molar-refractivity contribution in [2.75, 3.05) is 0 Å². The summed E-state index contributed by atoms with van der Waals surface area (Å²) in [6, 6.07) is -0.619. The molecule has 0 bridgehead atoms. The lowest BCUT2D eigenvalue weighted by molar-refractivity contribution is -0.127. The van der Waals surface area contributed by atoms with Crippen molar-refractivity contribution >= 4 is 17.6 Å². The number of carbonyl (C=O) groups excluding carboxylic acids is 3. The van der Waals surface area contributed by atoms with Gasteiger partial charge in [0.15, 0.2) is 0 Å². The van der Waals surface area contributed by atoms with Crippen LogP contribution in [-0.2, 0) is 14.4 Å². The van der Waals surface area contributed by atoms with Crippen LogP contribution < -0.4 is 11.1 Å². The number of hydrogen-bond donors (Lipinski definition) is 4. The maximum atomic E-state index is 12.5. The molecule has 0 aliphatic heterocycles. The number of amides is 2. The Morgan fingerprint density at radius 3 is 2.51 bits per heavy atom. The van der Waals surface area contributed by atoms with Crippen LogP contribution in [0.5, 0.6) is 0 Å². The largest absolute Gasteiger partial charge is 0.392 e. The smallest absolute Gasteiger partial charge is 0.240 e. The van der Waals surface area contributed by atoms with Crippen LogP contribution in [0.1, 0.15) is 111 Å². The number of aliphatic hydroxyl groups is 2. The lowest BCUT2D eigenvalue weighted by Gasteiger charge is -2.20. The summed E-state index contributed by atoms with van der Waals surface area (Å²) in [5.41, 5.74) is 5.39. The summed E-state index contributed by atoms with van der Waals surface area (Å²) in [5.74, 6) is 0.303. The van der Waals surface area contributed by atoms with Crippen LogP contribution in [0.15, 0.2) is 12.2 Å². The fraction of sp³-hybridized carbons (Fsp3) is 0.833. The van der Waals surface area contributed by atoms with Crippen molar-refractivity contribution in [3.05, 3.63) is 12.2 Å². The number of aliphatic hydroxyl groups excluding tert-OH is 2. The van der Waals surface area contributed by atoms with Gasteiger partial charge < -0.3 is 21.3 Å². The maximum absolute atomic E-state index is 12.5. The quantitative estimate of drug-likeness (QED) is 0.166. The second kappa shape index (κ2) is 16.3. The Morgan fingerprint density at radius 2 is 1.84 bits per heavy atom. The highest BCUT2D eigenvalue weighted by Crippen LogP contribution is 2.38. The van der Waals surface area contributed by atoms with E-state index >= 15 is 0 Å². The first kappa shape index (κ1) is 31.5. The molecule has 7 heteroatoms. The summed E-state index contributed by atoms with van der Waals surface area (Å²) < 4.78 is 0. The van der Waals surface area contributed by atoms with Crippen LogP contribution in [0.25, 0.3) is 0 Å². The number of Topliss-reactive ketones (excluding diaryl/α,β-unsaturated/α-hetero) is 1. The second-order valence-electron chi connectivity index (χ2n) is 12.0. The van der Waals surface area contributed by atoms with Crippen LogP contribution in [0.2, 0.25) is 0 Å². The first-order valence-electron chi connectivity index (χ1n) is 14.8. The molecule has 0 aromatic carbocycles. The van der Waals surface area contributed by atoms with Gasteiger partial charge in [-0.25, -0.2) is 0 Å². The molecule has 0 heterocycles. The highest BCUT2D eigenvalue weighted by molar-refractivity contribution is 5.86. The van der Waals surface area contributed by atoms with Gasteiger partial charge in [-0.3, -0.25) is 14.4 Å². The van der Waals surface area contributed by atoms with E-state index in [9.17, 15) is 24.6 Å². The molecule has 2 aliphatic rings. The number of unbranched alkanes of at least 4 members (excludes halogenated alkanes) is 4. The number of ketones is 1. The Labute approximate surface area is 224 Å². The summed E-state index contributed by atoms with van der Waals surface area (Å²) in [4.78, 5) is 36.2. The second-order valence-corrected chi connectivity index (χ2v) is 12.0. The standard InChI is InChI=1S/C30H52N2O5/c1-4-5-10-21-13-14-22(18-21)26(33)16-15-24-23(27(34)19-28(24)35)11-8-6-7-9-12-29(36)32-25(30(31)37)17-20(2)3/h15-16,20-26,28,33,35H,4-14,17-19H2,1-3H3,(H2,31,37)(H,32,36)/b16-15+. The third-order valence-electron chi connectivity index (χ3n) is 8.35. The minimum atomic E-state index is -0.672. The lowest BCUT2D eigenvalue weighted by Crippen LogP contribution is -2.45. The maximum Gasteiger partial charge on any atom is 0.240 e. The molecule has 2 saturated carbocycles. The topological polar surface area (TPSA) is 130 Å². The van der Waals surface area contributed by atoms with Gasteiger partial charge >= 0.3 is 0 Å². The molecule has 7 unspecified atom stereocenters. The molecule has 7 nitrogen and oxygen atoms in total. The van der Waals surface area contributed by atoms with Gasteiger partial charge in [-0.1, -0.05) is 77.9 Å². The Hall–Kier alpha value is -1.73. The van der Waals surface area contributed by atoms with Crippen molar-refractivity contribution in [2.24, 2.45) is 35.3 Å². The van der Waals surface area contributed by atoms with E-state index in [1.807, 2.05) is 26.0 Å². The van der Waals surface area contributed by atoms with Crippen molar-refractivity contribution in [1.82, 2.24) is 5.32 Å². The predicted molar refractivity (Wildman–Crippen MR) is 146 cm³/mol. The monoisotopic (exact) mass is 520 g/mol. The number of nitrogens with two attached hydrogens (primary N) is 1.